The summed E-state index contributed by atoms with van der Waals surface area (Å²) in [6, 6.07) is 0. The molecule has 0 aromatic heterocycles. The second-order valence-electron chi connectivity index (χ2n) is 17.7. The standard InChI is InChI=1S/C51H91O13P/c1-3-5-7-9-11-13-15-17-19-21-22-24-26-28-30-32-34-36-38-40-45(53)63-43(42-62-65(59,60)64-51-49(57)47(55)46(54)48(56)50(51)58)41-61-44(52)39-37-35-33-31-29-27-25-23-20-18-16-14-12-10-8-6-4-2/h12,14,17-20,25,27,43,46-51,54-58H,3-11,13,15-16,21-24,26,28-42H2,1-2H3,(H,59,60)/b14-12+,19-17+,20-18+,27-25+/t43-,46?,47-,48?,49?,50?,51?/m1/s1. The number of aliphatic hydroxyl groups excluding tert-OH is 5. The summed E-state index contributed by atoms with van der Waals surface area (Å²) in [6.07, 6.45) is 35.8. The van der Waals surface area contributed by atoms with Crippen LogP contribution in [0.3, 0.4) is 0 Å². The number of hydrogen-bond acceptors (Lipinski definition) is 12. The highest BCUT2D eigenvalue weighted by Crippen LogP contribution is 2.47. The third kappa shape index (κ3) is 33.0. The number of hydrogen-bond donors (Lipinski definition) is 6. The van der Waals surface area contributed by atoms with Gasteiger partial charge in [-0.25, -0.2) is 4.57 Å². The van der Waals surface area contributed by atoms with Crippen molar-refractivity contribution in [1.29, 1.82) is 0 Å². The van der Waals surface area contributed by atoms with Crippen molar-refractivity contribution in [2.75, 3.05) is 13.2 Å². The van der Waals surface area contributed by atoms with Gasteiger partial charge in [0.15, 0.2) is 6.10 Å². The molecule has 13 nitrogen and oxygen atoms in total. The number of rotatable bonds is 42. The van der Waals surface area contributed by atoms with E-state index in [2.05, 4.69) is 62.5 Å². The summed E-state index contributed by atoms with van der Waals surface area (Å²) in [4.78, 5) is 35.8. The van der Waals surface area contributed by atoms with Gasteiger partial charge in [0.05, 0.1) is 6.61 Å². The lowest BCUT2D eigenvalue weighted by Crippen LogP contribution is -2.64. The molecule has 0 bridgehead atoms. The molecule has 8 atom stereocenters. The zero-order valence-electron chi connectivity index (χ0n) is 40.3. The molecule has 0 spiro atoms. The molecule has 1 fully saturated rings. The van der Waals surface area contributed by atoms with Crippen molar-refractivity contribution in [2.45, 2.75) is 249 Å². The molecule has 378 valence electrons. The highest BCUT2D eigenvalue weighted by atomic mass is 31.2. The third-order valence-corrected chi connectivity index (χ3v) is 12.6. The summed E-state index contributed by atoms with van der Waals surface area (Å²) in [5.41, 5.74) is 0. The van der Waals surface area contributed by atoms with E-state index in [0.29, 0.717) is 12.8 Å². The van der Waals surface area contributed by atoms with Crippen LogP contribution >= 0.6 is 7.82 Å². The zero-order chi connectivity index (χ0) is 47.8. The number of carbonyl (C=O) groups excluding carboxylic acids is 2. The molecule has 0 heterocycles. The Balaban J connectivity index is 2.43. The molecule has 0 aliphatic heterocycles. The minimum absolute atomic E-state index is 0.0887. The van der Waals surface area contributed by atoms with E-state index < -0.39 is 75.7 Å². The molecule has 0 saturated heterocycles. The lowest BCUT2D eigenvalue weighted by atomic mass is 9.85. The minimum Gasteiger partial charge on any atom is -0.462 e. The van der Waals surface area contributed by atoms with E-state index in [0.717, 1.165) is 77.0 Å². The van der Waals surface area contributed by atoms with E-state index >= 15 is 0 Å². The van der Waals surface area contributed by atoms with Gasteiger partial charge in [-0.2, -0.15) is 0 Å². The van der Waals surface area contributed by atoms with E-state index in [1.165, 1.54) is 89.9 Å². The van der Waals surface area contributed by atoms with Gasteiger partial charge in [0.2, 0.25) is 0 Å². The Labute approximate surface area is 392 Å². The normalized spacial score (nSPS) is 21.8. The van der Waals surface area contributed by atoms with Gasteiger partial charge in [-0.1, -0.05) is 165 Å². The molecule has 14 heteroatoms. The number of esters is 2. The second-order valence-corrected chi connectivity index (χ2v) is 19.1. The average molecular weight is 943 g/mol. The molecular formula is C51H91O13P. The molecule has 0 aromatic carbocycles. The fraction of sp³-hybridized carbons (Fsp3) is 0.804. The Bertz CT molecular complexity index is 1320. The van der Waals surface area contributed by atoms with E-state index in [4.69, 9.17) is 18.5 Å². The lowest BCUT2D eigenvalue weighted by Gasteiger charge is -2.41. The van der Waals surface area contributed by atoms with Crippen LogP contribution in [0.2, 0.25) is 0 Å². The Morgan fingerprint density at radius 1 is 0.477 bits per heavy atom. The average Bonchev–Trinajstić information content (AvgIpc) is 3.29. The van der Waals surface area contributed by atoms with Crippen molar-refractivity contribution >= 4 is 19.8 Å². The van der Waals surface area contributed by atoms with E-state index in [1.54, 1.807) is 0 Å². The fourth-order valence-corrected chi connectivity index (χ4v) is 8.50. The Morgan fingerprint density at radius 2 is 0.831 bits per heavy atom. The second kappa shape index (κ2) is 40.8. The van der Waals surface area contributed by atoms with Crippen molar-refractivity contribution in [3.05, 3.63) is 48.6 Å². The van der Waals surface area contributed by atoms with Crippen LogP contribution in [0.5, 0.6) is 0 Å². The molecule has 1 saturated carbocycles. The maximum Gasteiger partial charge on any atom is 0.472 e. The maximum absolute atomic E-state index is 12.8. The summed E-state index contributed by atoms with van der Waals surface area (Å²) >= 11 is 0. The van der Waals surface area contributed by atoms with Gasteiger partial charge >= 0.3 is 19.8 Å². The lowest BCUT2D eigenvalue weighted by molar-refractivity contribution is -0.220. The Kier molecular flexibility index (Phi) is 38.2. The molecule has 65 heavy (non-hydrogen) atoms. The molecular weight excluding hydrogens is 852 g/mol. The molecule has 1 rings (SSSR count). The van der Waals surface area contributed by atoms with Crippen molar-refractivity contribution < 1.29 is 63.1 Å². The van der Waals surface area contributed by atoms with Gasteiger partial charge in [0, 0.05) is 12.8 Å². The highest BCUT2D eigenvalue weighted by molar-refractivity contribution is 7.47. The van der Waals surface area contributed by atoms with Crippen molar-refractivity contribution in [3.63, 3.8) is 0 Å². The Morgan fingerprint density at radius 3 is 1.31 bits per heavy atom. The summed E-state index contributed by atoms with van der Waals surface area (Å²) in [5, 5.41) is 50.2. The van der Waals surface area contributed by atoms with Gasteiger partial charge in [-0.3, -0.25) is 18.6 Å². The largest absolute Gasteiger partial charge is 0.472 e. The summed E-state index contributed by atoms with van der Waals surface area (Å²) < 4.78 is 33.6. The van der Waals surface area contributed by atoms with Crippen LogP contribution < -0.4 is 0 Å². The zero-order valence-corrected chi connectivity index (χ0v) is 41.2. The Hall–Kier alpha value is -2.19. The molecule has 0 radical (unpaired) electrons. The van der Waals surface area contributed by atoms with Crippen LogP contribution in [0.4, 0.5) is 0 Å². The van der Waals surface area contributed by atoms with Crippen LogP contribution in [-0.2, 0) is 32.7 Å². The van der Waals surface area contributed by atoms with Crippen LogP contribution in [-0.4, -0.2) is 98.3 Å². The summed E-state index contributed by atoms with van der Waals surface area (Å²) in [7, 11) is -5.13. The predicted molar refractivity (Wildman–Crippen MR) is 258 cm³/mol. The topological polar surface area (TPSA) is 210 Å². The van der Waals surface area contributed by atoms with Gasteiger partial charge < -0.3 is 39.9 Å². The van der Waals surface area contributed by atoms with Gasteiger partial charge in [-0.15, -0.1) is 0 Å². The van der Waals surface area contributed by atoms with E-state index in [1.807, 2.05) is 0 Å². The number of unbranched alkanes of at least 4 members (excludes halogenated alkanes) is 22. The number of carbonyl (C=O) groups is 2. The fourth-order valence-electron chi connectivity index (χ4n) is 7.52. The van der Waals surface area contributed by atoms with E-state index in [9.17, 15) is 44.6 Å². The molecule has 1 aliphatic rings. The molecule has 1 aliphatic carbocycles. The van der Waals surface area contributed by atoms with Crippen LogP contribution in [0.1, 0.15) is 206 Å². The van der Waals surface area contributed by atoms with Crippen LogP contribution in [0.15, 0.2) is 48.6 Å². The first-order chi connectivity index (χ1) is 31.4. The monoisotopic (exact) mass is 943 g/mol. The number of ether oxygens (including phenoxy) is 2. The smallest absolute Gasteiger partial charge is 0.462 e. The first-order valence-electron chi connectivity index (χ1n) is 25.4. The minimum atomic E-state index is -5.13. The van der Waals surface area contributed by atoms with E-state index in [-0.39, 0.29) is 12.8 Å². The first-order valence-corrected chi connectivity index (χ1v) is 26.9. The summed E-state index contributed by atoms with van der Waals surface area (Å²) in [5.74, 6) is -1.12. The van der Waals surface area contributed by atoms with Gasteiger partial charge in [-0.05, 0) is 77.0 Å². The third-order valence-electron chi connectivity index (χ3n) is 11.6. The number of allylic oxidation sites excluding steroid dienone is 8. The summed E-state index contributed by atoms with van der Waals surface area (Å²) in [6.45, 7) is 3.26. The van der Waals surface area contributed by atoms with Crippen LogP contribution in [0, 0.1) is 0 Å². The highest BCUT2D eigenvalue weighted by Gasteiger charge is 2.51. The van der Waals surface area contributed by atoms with Crippen LogP contribution in [0.25, 0.3) is 0 Å². The number of phosphoric ester groups is 1. The van der Waals surface area contributed by atoms with Crippen molar-refractivity contribution in [1.82, 2.24) is 0 Å². The quantitative estimate of drug-likeness (QED) is 0.0146. The maximum atomic E-state index is 12.8. The SMILES string of the molecule is CCCCC/C=C/C/C=C/C/C=C/CCCCCCC(=O)OC[C@H](COP(=O)(O)OC1C(O)C(O)C(O)[C@@H](O)C1O)OC(=O)CCCCCCCCCCC/C=C/CCCCCCCC. The van der Waals surface area contributed by atoms with Gasteiger partial charge in [0.25, 0.3) is 0 Å². The number of aliphatic hydroxyl groups is 5. The molecule has 0 aromatic rings. The first kappa shape index (κ1) is 60.8. The predicted octanol–water partition coefficient (Wildman–Crippen LogP) is 10.7. The van der Waals surface area contributed by atoms with Crippen molar-refractivity contribution in [3.8, 4) is 0 Å². The molecule has 6 N–H and O–H groups in total. The van der Waals surface area contributed by atoms with Gasteiger partial charge in [0.1, 0.15) is 43.2 Å². The number of phosphoric acid groups is 1. The van der Waals surface area contributed by atoms with Crippen molar-refractivity contribution in [2.24, 2.45) is 0 Å². The molecule has 6 unspecified atom stereocenters. The molecule has 0 amide bonds.